The average Bonchev–Trinajstić information content (AvgIpc) is 3.32. The summed E-state index contributed by atoms with van der Waals surface area (Å²) >= 11 is 0. The molecule has 0 amide bonds. The van der Waals surface area contributed by atoms with Crippen molar-refractivity contribution in [2.75, 3.05) is 0 Å². The average molecular weight is 704 g/mol. The molecule has 0 unspecified atom stereocenters. The number of imidazole rings is 1. The first-order valence-electron chi connectivity index (χ1n) is 13.2. The van der Waals surface area contributed by atoms with Crippen molar-refractivity contribution in [1.82, 2.24) is 14.5 Å². The Morgan fingerprint density at radius 3 is 2.20 bits per heavy atom. The molecule has 0 spiro atoms. The van der Waals surface area contributed by atoms with Crippen LogP contribution in [0.2, 0.25) is 0 Å². The first-order valence-corrected chi connectivity index (χ1v) is 13.2. The van der Waals surface area contributed by atoms with Crippen LogP contribution in [0.25, 0.3) is 50.5 Å². The van der Waals surface area contributed by atoms with Crippen LogP contribution < -0.4 is 0 Å². The number of fused-ring (bicyclic) bond motifs is 1. The number of aryl methyl sites for hydroxylation is 1. The Morgan fingerprint density at radius 2 is 1.48 bits per heavy atom. The number of pyridine rings is 1. The summed E-state index contributed by atoms with van der Waals surface area (Å²) in [4.78, 5) is 9.83. The van der Waals surface area contributed by atoms with E-state index in [1.165, 1.54) is 5.56 Å². The predicted octanol–water partition coefficient (Wildman–Crippen LogP) is 8.53. The van der Waals surface area contributed by atoms with Gasteiger partial charge in [-0.25, -0.2) is 4.98 Å². The minimum Gasteiger partial charge on any atom is -0.507 e. The Balaban J connectivity index is 0.00000323. The zero-order valence-electron chi connectivity index (χ0n) is 22.9. The van der Waals surface area contributed by atoms with Crippen LogP contribution in [0.15, 0.2) is 103 Å². The maximum atomic E-state index is 10.8. The summed E-state index contributed by atoms with van der Waals surface area (Å²) in [5, 5.41) is 10.8. The van der Waals surface area contributed by atoms with Crippen LogP contribution in [-0.2, 0) is 26.5 Å². The van der Waals surface area contributed by atoms with E-state index in [-0.39, 0.29) is 32.2 Å². The van der Waals surface area contributed by atoms with E-state index in [0.29, 0.717) is 11.4 Å². The number of benzene rings is 4. The molecule has 6 aromatic rings. The molecule has 0 fully saturated rings. The number of aromatic nitrogens is 3. The van der Waals surface area contributed by atoms with Gasteiger partial charge < -0.3 is 5.11 Å². The summed E-state index contributed by atoms with van der Waals surface area (Å²) < 4.78 is 2.12. The molecule has 4 nitrogen and oxygen atoms in total. The molecule has 40 heavy (non-hydrogen) atoms. The van der Waals surface area contributed by atoms with Gasteiger partial charge in [0.1, 0.15) is 11.6 Å². The number of phenols is 1. The third-order valence-electron chi connectivity index (χ3n) is 7.06. The molecule has 0 radical (unpaired) electrons. The largest absolute Gasteiger partial charge is 0.507 e. The molecule has 2 heterocycles. The first kappa shape index (κ1) is 27.6. The second-order valence-electron chi connectivity index (χ2n) is 11.0. The van der Waals surface area contributed by atoms with Crippen molar-refractivity contribution >= 4 is 11.0 Å². The van der Waals surface area contributed by atoms with Gasteiger partial charge >= 0.3 is 0 Å². The number of phenolic OH excluding ortho intramolecular Hbond substituents is 1. The van der Waals surface area contributed by atoms with Gasteiger partial charge in [0.05, 0.1) is 16.6 Å². The molecule has 0 aliphatic heterocycles. The Labute approximate surface area is 249 Å². The Kier molecular flexibility index (Phi) is 7.48. The molecule has 5 heteroatoms. The normalized spacial score (nSPS) is 11.4. The van der Waals surface area contributed by atoms with Gasteiger partial charge in [-0.3, -0.25) is 9.55 Å². The standard InChI is InChI=1S/C35H30N3O.Pt/c1-23-17-18-36-30(19-23)25-20-24(21-26(22-25)35(2,3)4)28-14-10-15-31-33(28)37-34(29-13-8-9-16-32(29)39)38(31)27-11-6-5-7-12-27;/h5-19,21-22,39H,1-4H3;/q-1;. The van der Waals surface area contributed by atoms with Crippen molar-refractivity contribution in [3.63, 3.8) is 0 Å². The van der Waals surface area contributed by atoms with Gasteiger partial charge in [-0.15, -0.1) is 29.3 Å². The number of hydrogen-bond donors (Lipinski definition) is 1. The molecule has 202 valence electrons. The summed E-state index contributed by atoms with van der Waals surface area (Å²) in [6.45, 7) is 8.75. The van der Waals surface area contributed by atoms with Crippen LogP contribution in [0.5, 0.6) is 5.75 Å². The van der Waals surface area contributed by atoms with Crippen LogP contribution in [0.3, 0.4) is 0 Å². The molecule has 0 aliphatic rings. The predicted molar refractivity (Wildman–Crippen MR) is 159 cm³/mol. The van der Waals surface area contributed by atoms with E-state index < -0.39 is 0 Å². The van der Waals surface area contributed by atoms with E-state index in [4.69, 9.17) is 4.98 Å². The maximum Gasteiger partial charge on any atom is 0.148 e. The third kappa shape index (κ3) is 5.12. The number of para-hydroxylation sites is 3. The van der Waals surface area contributed by atoms with E-state index in [9.17, 15) is 5.11 Å². The summed E-state index contributed by atoms with van der Waals surface area (Å²) in [6.07, 6.45) is 1.85. The minimum absolute atomic E-state index is 0. The molecule has 0 saturated heterocycles. The van der Waals surface area contributed by atoms with Gasteiger partial charge in [0, 0.05) is 38.6 Å². The number of hydrogen-bond acceptors (Lipinski definition) is 3. The van der Waals surface area contributed by atoms with E-state index >= 15 is 0 Å². The maximum absolute atomic E-state index is 10.8. The molecule has 6 rings (SSSR count). The molecule has 0 bridgehead atoms. The summed E-state index contributed by atoms with van der Waals surface area (Å²) in [5.41, 5.74) is 9.58. The van der Waals surface area contributed by atoms with Gasteiger partial charge in [-0.05, 0) is 48.7 Å². The summed E-state index contributed by atoms with van der Waals surface area (Å²) in [6, 6.07) is 36.0. The summed E-state index contributed by atoms with van der Waals surface area (Å²) in [5.74, 6) is 0.884. The topological polar surface area (TPSA) is 50.9 Å². The second-order valence-corrected chi connectivity index (χ2v) is 11.0. The van der Waals surface area contributed by atoms with Crippen LogP contribution in [0.4, 0.5) is 0 Å². The smallest absolute Gasteiger partial charge is 0.148 e. The quantitative estimate of drug-likeness (QED) is 0.187. The van der Waals surface area contributed by atoms with Crippen LogP contribution in [-0.4, -0.2) is 19.6 Å². The first-order chi connectivity index (χ1) is 18.8. The van der Waals surface area contributed by atoms with E-state index in [1.54, 1.807) is 6.07 Å². The molecular weight excluding hydrogens is 673 g/mol. The van der Waals surface area contributed by atoms with Crippen molar-refractivity contribution < 1.29 is 26.2 Å². The Bertz CT molecular complexity index is 1820. The van der Waals surface area contributed by atoms with Crippen LogP contribution >= 0.6 is 0 Å². The monoisotopic (exact) mass is 703 g/mol. The van der Waals surface area contributed by atoms with Gasteiger partial charge in [-0.1, -0.05) is 86.0 Å². The number of aromatic hydroxyl groups is 1. The van der Waals surface area contributed by atoms with Gasteiger partial charge in [0.15, 0.2) is 0 Å². The van der Waals surface area contributed by atoms with Crippen molar-refractivity contribution in [2.45, 2.75) is 33.1 Å². The Hall–Kier alpha value is -4.01. The minimum atomic E-state index is -0.0687. The van der Waals surface area contributed by atoms with E-state index in [0.717, 1.165) is 44.7 Å². The van der Waals surface area contributed by atoms with Crippen molar-refractivity contribution in [1.29, 1.82) is 0 Å². The Morgan fingerprint density at radius 1 is 0.775 bits per heavy atom. The fourth-order valence-electron chi connectivity index (χ4n) is 4.97. The van der Waals surface area contributed by atoms with E-state index in [2.05, 4.69) is 91.8 Å². The van der Waals surface area contributed by atoms with E-state index in [1.807, 2.05) is 48.7 Å². The van der Waals surface area contributed by atoms with Crippen LogP contribution in [0.1, 0.15) is 31.9 Å². The number of nitrogens with zero attached hydrogens (tertiary/aromatic N) is 3. The second kappa shape index (κ2) is 10.9. The van der Waals surface area contributed by atoms with Gasteiger partial charge in [0.25, 0.3) is 0 Å². The van der Waals surface area contributed by atoms with Crippen LogP contribution in [0, 0.1) is 13.0 Å². The molecular formula is C35H30N3OPt-. The molecule has 2 aromatic heterocycles. The van der Waals surface area contributed by atoms with Gasteiger partial charge in [0.2, 0.25) is 0 Å². The molecule has 1 N–H and O–H groups in total. The van der Waals surface area contributed by atoms with Gasteiger partial charge in [-0.2, -0.15) is 0 Å². The zero-order chi connectivity index (χ0) is 27.1. The summed E-state index contributed by atoms with van der Waals surface area (Å²) in [7, 11) is 0. The molecule has 0 saturated carbocycles. The van der Waals surface area contributed by atoms with Crippen molar-refractivity contribution in [3.8, 4) is 45.2 Å². The number of rotatable bonds is 4. The molecule has 4 aromatic carbocycles. The SMILES string of the molecule is Cc1ccnc(-c2[c-]c(-c3cccc4c3nc(-c3ccccc3O)n4-c3ccccc3)cc(C(C)(C)C)c2)c1.[Pt]. The molecule has 0 atom stereocenters. The third-order valence-corrected chi connectivity index (χ3v) is 7.06. The fraction of sp³-hybridized carbons (Fsp3) is 0.143. The van der Waals surface area contributed by atoms with Crippen molar-refractivity contribution in [3.05, 3.63) is 120 Å². The molecule has 0 aliphatic carbocycles. The van der Waals surface area contributed by atoms with Crippen molar-refractivity contribution in [2.24, 2.45) is 0 Å². The fourth-order valence-corrected chi connectivity index (χ4v) is 4.97. The zero-order valence-corrected chi connectivity index (χ0v) is 25.2.